The minimum atomic E-state index is -0.00438. The van der Waals surface area contributed by atoms with Gasteiger partial charge in [0.1, 0.15) is 12.4 Å². The lowest BCUT2D eigenvalue weighted by Crippen LogP contribution is -2.37. The van der Waals surface area contributed by atoms with E-state index in [2.05, 4.69) is 51.7 Å². The summed E-state index contributed by atoms with van der Waals surface area (Å²) in [5.41, 5.74) is 13.9. The van der Waals surface area contributed by atoms with Crippen molar-refractivity contribution in [1.29, 1.82) is 5.41 Å². The first kappa shape index (κ1) is 21.7. The highest BCUT2D eigenvalue weighted by Crippen LogP contribution is 2.38. The third-order valence-corrected chi connectivity index (χ3v) is 5.67. The Morgan fingerprint density at radius 1 is 1.28 bits per heavy atom. The molecule has 6 N–H and O–H groups in total. The number of aliphatic hydroxyl groups excluding tert-OH is 1. The molecule has 2 heterocycles. The molecule has 2 aliphatic rings. The number of hydrazine groups is 2. The molecule has 8 nitrogen and oxygen atoms in total. The molecule has 0 aliphatic carbocycles. The molecule has 0 fully saturated rings. The van der Waals surface area contributed by atoms with E-state index >= 15 is 0 Å². The van der Waals surface area contributed by atoms with Crippen molar-refractivity contribution in [3.63, 3.8) is 0 Å². The Bertz CT molecular complexity index is 1030. The van der Waals surface area contributed by atoms with E-state index in [1.165, 1.54) is 11.8 Å². The smallest absolute Gasteiger partial charge is 0.119 e. The molecule has 2 aromatic rings. The van der Waals surface area contributed by atoms with Crippen LogP contribution in [0.5, 0.6) is 5.75 Å². The van der Waals surface area contributed by atoms with Crippen molar-refractivity contribution < 1.29 is 9.84 Å². The molecule has 2 aliphatic heterocycles. The number of nitrogens with one attached hydrogen (secondary N) is 5. The summed E-state index contributed by atoms with van der Waals surface area (Å²) in [4.78, 5) is 0. The van der Waals surface area contributed by atoms with Crippen LogP contribution >= 0.6 is 0 Å². The van der Waals surface area contributed by atoms with Crippen molar-refractivity contribution in [1.82, 2.24) is 21.3 Å². The molecular weight excluding hydrogens is 404 g/mol. The minimum absolute atomic E-state index is 0.00438. The van der Waals surface area contributed by atoms with E-state index < -0.39 is 0 Å². The minimum Gasteiger partial charge on any atom is -0.491 e. The van der Waals surface area contributed by atoms with Crippen molar-refractivity contribution in [2.45, 2.75) is 19.4 Å². The van der Waals surface area contributed by atoms with Crippen molar-refractivity contribution in [3.8, 4) is 5.75 Å². The average molecular weight is 435 g/mol. The third-order valence-electron chi connectivity index (χ3n) is 5.67. The Morgan fingerprint density at radius 3 is 2.81 bits per heavy atom. The van der Waals surface area contributed by atoms with E-state index in [1.54, 1.807) is 0 Å². The zero-order valence-corrected chi connectivity index (χ0v) is 18.4. The molecule has 2 aromatic carbocycles. The lowest BCUT2D eigenvalue weighted by atomic mass is 9.92. The molecule has 4 rings (SSSR count). The number of nitrogens with zero attached hydrogens (tertiary/aromatic N) is 1. The molecule has 0 spiro atoms. The molecule has 0 amide bonds. The summed E-state index contributed by atoms with van der Waals surface area (Å²) < 4.78 is 5.48. The number of allylic oxidation sites excluding steroid dienone is 2. The summed E-state index contributed by atoms with van der Waals surface area (Å²) in [6.07, 6.45) is 4.10. The zero-order valence-electron chi connectivity index (χ0n) is 18.4. The molecule has 0 saturated heterocycles. The van der Waals surface area contributed by atoms with Gasteiger partial charge in [0.2, 0.25) is 0 Å². The first-order valence-electron chi connectivity index (χ1n) is 10.8. The third kappa shape index (κ3) is 4.42. The summed E-state index contributed by atoms with van der Waals surface area (Å²) >= 11 is 0. The van der Waals surface area contributed by atoms with Gasteiger partial charge in [-0.1, -0.05) is 12.1 Å². The number of rotatable bonds is 8. The molecule has 1 atom stereocenters. The van der Waals surface area contributed by atoms with Gasteiger partial charge in [0.05, 0.1) is 24.0 Å². The molecule has 0 bridgehead atoms. The summed E-state index contributed by atoms with van der Waals surface area (Å²) in [6.45, 7) is 3.19. The van der Waals surface area contributed by atoms with Gasteiger partial charge in [0, 0.05) is 42.8 Å². The second-order valence-corrected chi connectivity index (χ2v) is 7.78. The fourth-order valence-corrected chi connectivity index (χ4v) is 4.17. The van der Waals surface area contributed by atoms with Crippen LogP contribution in [-0.2, 0) is 0 Å². The highest BCUT2D eigenvalue weighted by atomic mass is 16.5. The molecule has 8 heteroatoms. The Morgan fingerprint density at radius 2 is 2.09 bits per heavy atom. The van der Waals surface area contributed by atoms with Crippen LogP contribution < -0.4 is 26.3 Å². The van der Waals surface area contributed by atoms with Crippen LogP contribution in [0.3, 0.4) is 0 Å². The quantitative estimate of drug-likeness (QED) is 0.355. The Kier molecular flexibility index (Phi) is 6.63. The van der Waals surface area contributed by atoms with E-state index in [4.69, 9.17) is 15.3 Å². The first-order chi connectivity index (χ1) is 15.6. The van der Waals surface area contributed by atoms with Gasteiger partial charge in [-0.3, -0.25) is 5.01 Å². The van der Waals surface area contributed by atoms with Crippen LogP contribution in [0.15, 0.2) is 54.4 Å². The standard InChI is InChI=1S/C24H30N6O2/c1-16-24-21-8-3-17(18(14-25)15-26-2)13-22(21)23(9-10-30(24)29-28-16)27-19-4-6-20(7-5-19)32-12-11-31/h3-8,13-15,23,25-29,31H,9-12H2,1-2H3/b18-15+,25-14?. The van der Waals surface area contributed by atoms with Gasteiger partial charge in [0.15, 0.2) is 0 Å². The number of hydrogen-bond donors (Lipinski definition) is 6. The number of benzene rings is 2. The van der Waals surface area contributed by atoms with Crippen molar-refractivity contribution in [3.05, 3.63) is 71.1 Å². The SMILES string of the molecule is CN/C=C(\C=N)c1ccc2c(c1)C(Nc1ccc(OCCO)cc1)CCN1NNC(C)=C21. The zero-order chi connectivity index (χ0) is 22.5. The van der Waals surface area contributed by atoms with Gasteiger partial charge < -0.3 is 31.3 Å². The highest BCUT2D eigenvalue weighted by Gasteiger charge is 2.30. The van der Waals surface area contributed by atoms with Gasteiger partial charge in [-0.05, 0) is 54.8 Å². The number of aliphatic hydroxyl groups is 1. The maximum absolute atomic E-state index is 8.94. The molecule has 0 radical (unpaired) electrons. The molecule has 0 saturated carbocycles. The van der Waals surface area contributed by atoms with Crippen LogP contribution in [0.4, 0.5) is 5.69 Å². The van der Waals surface area contributed by atoms with Crippen LogP contribution in [0.25, 0.3) is 11.3 Å². The van der Waals surface area contributed by atoms with Crippen molar-refractivity contribution in [2.75, 3.05) is 32.1 Å². The number of hydrogen-bond acceptors (Lipinski definition) is 8. The predicted octanol–water partition coefficient (Wildman–Crippen LogP) is 2.84. The van der Waals surface area contributed by atoms with Crippen LogP contribution in [-0.4, -0.2) is 43.1 Å². The van der Waals surface area contributed by atoms with Gasteiger partial charge in [0.25, 0.3) is 0 Å². The van der Waals surface area contributed by atoms with E-state index in [0.717, 1.165) is 52.5 Å². The maximum atomic E-state index is 8.94. The largest absolute Gasteiger partial charge is 0.491 e. The number of anilines is 1. The van der Waals surface area contributed by atoms with Gasteiger partial charge in [-0.15, -0.1) is 5.53 Å². The van der Waals surface area contributed by atoms with Crippen LogP contribution in [0.1, 0.15) is 36.1 Å². The Labute approximate surface area is 188 Å². The summed E-state index contributed by atoms with van der Waals surface area (Å²) in [7, 11) is 1.84. The lowest BCUT2D eigenvalue weighted by molar-refractivity contribution is 0.201. The summed E-state index contributed by atoms with van der Waals surface area (Å²) in [5.74, 6) is 0.734. The molecular formula is C24H30N6O2. The summed E-state index contributed by atoms with van der Waals surface area (Å²) in [6, 6.07) is 14.3. The van der Waals surface area contributed by atoms with E-state index in [-0.39, 0.29) is 19.3 Å². The normalized spacial score (nSPS) is 17.8. The van der Waals surface area contributed by atoms with E-state index in [0.29, 0.717) is 0 Å². The Balaban J connectivity index is 1.70. The van der Waals surface area contributed by atoms with Gasteiger partial charge >= 0.3 is 0 Å². The number of ether oxygens (including phenoxy) is 1. The topological polar surface area (TPSA) is 105 Å². The fourth-order valence-electron chi connectivity index (χ4n) is 4.17. The summed E-state index contributed by atoms with van der Waals surface area (Å²) in [5, 5.41) is 25.6. The predicted molar refractivity (Wildman–Crippen MR) is 128 cm³/mol. The van der Waals surface area contributed by atoms with Crippen molar-refractivity contribution in [2.24, 2.45) is 0 Å². The van der Waals surface area contributed by atoms with Crippen molar-refractivity contribution >= 4 is 23.2 Å². The van der Waals surface area contributed by atoms with Crippen LogP contribution in [0, 0.1) is 5.41 Å². The molecule has 168 valence electrons. The molecule has 32 heavy (non-hydrogen) atoms. The average Bonchev–Trinajstić information content (AvgIpc) is 3.11. The van der Waals surface area contributed by atoms with E-state index in [9.17, 15) is 0 Å². The second kappa shape index (κ2) is 9.76. The van der Waals surface area contributed by atoms with Gasteiger partial charge in [-0.25, -0.2) is 0 Å². The van der Waals surface area contributed by atoms with E-state index in [1.807, 2.05) is 37.5 Å². The van der Waals surface area contributed by atoms with Gasteiger partial charge in [-0.2, -0.15) is 0 Å². The monoisotopic (exact) mass is 434 g/mol. The number of fused-ring (bicyclic) bond motifs is 3. The van der Waals surface area contributed by atoms with Crippen LogP contribution in [0.2, 0.25) is 0 Å². The fraction of sp³-hybridized carbons (Fsp3) is 0.292. The second-order valence-electron chi connectivity index (χ2n) is 7.78. The maximum Gasteiger partial charge on any atom is 0.119 e. The molecule has 1 unspecified atom stereocenters. The molecule has 0 aromatic heterocycles. The first-order valence-corrected chi connectivity index (χ1v) is 10.8. The highest BCUT2D eigenvalue weighted by molar-refractivity contribution is 6.08. The Hall–Kier alpha value is -3.49. The lowest BCUT2D eigenvalue weighted by Gasteiger charge is -2.22.